The molecule has 0 spiro atoms. The number of methoxy groups -OCH3 is 1. The van der Waals surface area contributed by atoms with Crippen LogP contribution in [0, 0.1) is 5.92 Å². The van der Waals surface area contributed by atoms with Crippen molar-refractivity contribution < 1.29 is 27.8 Å². The summed E-state index contributed by atoms with van der Waals surface area (Å²) in [6.07, 6.45) is -4.25. The highest BCUT2D eigenvalue weighted by molar-refractivity contribution is 5.99. The highest BCUT2D eigenvalue weighted by Crippen LogP contribution is 2.44. The first-order valence-electron chi connectivity index (χ1n) is 10.8. The fourth-order valence-corrected chi connectivity index (χ4v) is 4.03. The molecule has 2 aromatic carbocycles. The molecule has 0 radical (unpaired) electrons. The molecular weight excluding hydrogens is 433 g/mol. The van der Waals surface area contributed by atoms with E-state index in [-0.39, 0.29) is 23.9 Å². The van der Waals surface area contributed by atoms with Gasteiger partial charge in [-0.3, -0.25) is 9.79 Å². The van der Waals surface area contributed by atoms with Gasteiger partial charge in [0.2, 0.25) is 5.91 Å². The van der Waals surface area contributed by atoms with Crippen LogP contribution in [0.25, 0.3) is 0 Å². The molecular formula is C25H29F3N2O3. The summed E-state index contributed by atoms with van der Waals surface area (Å²) in [7, 11) is 1.48. The summed E-state index contributed by atoms with van der Waals surface area (Å²) in [5, 5.41) is 13.5. The van der Waals surface area contributed by atoms with Crippen LogP contribution in [0.5, 0.6) is 5.75 Å². The Bertz CT molecular complexity index is 1070. The second-order valence-corrected chi connectivity index (χ2v) is 8.88. The Morgan fingerprint density at radius 1 is 1.12 bits per heavy atom. The van der Waals surface area contributed by atoms with E-state index in [2.05, 4.69) is 10.3 Å². The SMILES string of the molecule is COc1cc(C(C)C)ccc1C(C)C(C)C(O)(C=Nc1ccc2c(c1)CC(=O)N2)C(F)(F)F. The first-order chi connectivity index (χ1) is 15.4. The molecule has 5 nitrogen and oxygen atoms in total. The standard InChI is InChI=1S/C25H29F3N2O3/c1-14(2)17-6-8-20(22(11-17)33-5)15(3)16(4)24(32,25(26,27)28)13-29-19-7-9-21-18(10-19)12-23(31)30-21/h6-11,13-16,32H,12H2,1-5H3,(H,30,31). The lowest BCUT2D eigenvalue weighted by atomic mass is 9.76. The van der Waals surface area contributed by atoms with E-state index in [1.807, 2.05) is 26.0 Å². The Hall–Kier alpha value is -2.87. The number of benzene rings is 2. The summed E-state index contributed by atoms with van der Waals surface area (Å²) in [5.41, 5.74) is -0.0983. The fourth-order valence-electron chi connectivity index (χ4n) is 4.03. The first-order valence-corrected chi connectivity index (χ1v) is 10.8. The van der Waals surface area contributed by atoms with Crippen LogP contribution in [0.15, 0.2) is 41.4 Å². The van der Waals surface area contributed by atoms with Gasteiger partial charge in [0.1, 0.15) is 5.75 Å². The molecule has 0 saturated carbocycles. The molecule has 2 aromatic rings. The van der Waals surface area contributed by atoms with Crippen LogP contribution in [0.4, 0.5) is 24.5 Å². The molecule has 178 valence electrons. The first kappa shape index (κ1) is 24.8. The van der Waals surface area contributed by atoms with Gasteiger partial charge in [0.15, 0.2) is 5.60 Å². The van der Waals surface area contributed by atoms with Crippen molar-refractivity contribution in [3.05, 3.63) is 53.1 Å². The number of nitrogens with one attached hydrogen (secondary N) is 1. The maximum atomic E-state index is 14.1. The average molecular weight is 463 g/mol. The number of aliphatic hydroxyl groups is 1. The topological polar surface area (TPSA) is 70.9 Å². The number of amides is 1. The second kappa shape index (κ2) is 9.17. The van der Waals surface area contributed by atoms with Gasteiger partial charge < -0.3 is 15.2 Å². The summed E-state index contributed by atoms with van der Waals surface area (Å²) in [4.78, 5) is 15.5. The lowest BCUT2D eigenvalue weighted by molar-refractivity contribution is -0.246. The number of carbonyl (C=O) groups is 1. The molecule has 1 aliphatic rings. The molecule has 1 heterocycles. The van der Waals surface area contributed by atoms with E-state index in [1.54, 1.807) is 25.1 Å². The molecule has 3 atom stereocenters. The molecule has 3 unspecified atom stereocenters. The summed E-state index contributed by atoms with van der Waals surface area (Å²) in [6.45, 7) is 7.02. The van der Waals surface area contributed by atoms with Gasteiger partial charge in [-0.1, -0.05) is 39.8 Å². The number of halogens is 3. The van der Waals surface area contributed by atoms with Gasteiger partial charge in [-0.2, -0.15) is 13.2 Å². The molecule has 1 aliphatic heterocycles. The smallest absolute Gasteiger partial charge is 0.422 e. The number of fused-ring (bicyclic) bond motifs is 1. The van der Waals surface area contributed by atoms with Crippen molar-refractivity contribution >= 4 is 23.5 Å². The molecule has 0 bridgehead atoms. The second-order valence-electron chi connectivity index (χ2n) is 8.88. The van der Waals surface area contributed by atoms with Crippen molar-refractivity contribution in [2.45, 2.75) is 57.7 Å². The summed E-state index contributed by atoms with van der Waals surface area (Å²) in [5.74, 6) is -1.42. The number of rotatable bonds is 7. The Balaban J connectivity index is 1.94. The predicted molar refractivity (Wildman–Crippen MR) is 123 cm³/mol. The number of hydrogen-bond donors (Lipinski definition) is 2. The molecule has 2 N–H and O–H groups in total. The number of carbonyl (C=O) groups excluding carboxylic acids is 1. The van der Waals surface area contributed by atoms with E-state index in [0.717, 1.165) is 5.56 Å². The molecule has 0 saturated heterocycles. The van der Waals surface area contributed by atoms with Gasteiger partial charge in [-0.05, 0) is 52.8 Å². The summed E-state index contributed by atoms with van der Waals surface area (Å²) in [6, 6.07) is 10.1. The number of anilines is 1. The maximum Gasteiger partial charge on any atom is 0.422 e. The van der Waals surface area contributed by atoms with Gasteiger partial charge in [-0.25, -0.2) is 0 Å². The lowest BCUT2D eigenvalue weighted by Crippen LogP contribution is -2.53. The van der Waals surface area contributed by atoms with E-state index >= 15 is 0 Å². The van der Waals surface area contributed by atoms with Gasteiger partial charge >= 0.3 is 6.18 Å². The van der Waals surface area contributed by atoms with Gasteiger partial charge in [0.25, 0.3) is 0 Å². The van der Waals surface area contributed by atoms with E-state index in [0.29, 0.717) is 28.8 Å². The van der Waals surface area contributed by atoms with Crippen LogP contribution in [-0.4, -0.2) is 36.1 Å². The minimum absolute atomic E-state index is 0.141. The molecule has 8 heteroatoms. The van der Waals surface area contributed by atoms with Crippen molar-refractivity contribution in [1.29, 1.82) is 0 Å². The monoisotopic (exact) mass is 462 g/mol. The average Bonchev–Trinajstić information content (AvgIpc) is 3.14. The zero-order valence-corrected chi connectivity index (χ0v) is 19.3. The Morgan fingerprint density at radius 2 is 1.82 bits per heavy atom. The van der Waals surface area contributed by atoms with Crippen molar-refractivity contribution in [3.8, 4) is 5.75 Å². The predicted octanol–water partition coefficient (Wildman–Crippen LogP) is 5.75. The van der Waals surface area contributed by atoms with Gasteiger partial charge in [-0.15, -0.1) is 0 Å². The highest BCUT2D eigenvalue weighted by Gasteiger charge is 2.57. The quantitative estimate of drug-likeness (QED) is 0.515. The molecule has 0 aromatic heterocycles. The zero-order chi connectivity index (χ0) is 24.6. The number of ether oxygens (including phenoxy) is 1. The van der Waals surface area contributed by atoms with Crippen LogP contribution in [0.3, 0.4) is 0 Å². The van der Waals surface area contributed by atoms with Crippen molar-refractivity contribution in [2.24, 2.45) is 10.9 Å². The fraction of sp³-hybridized carbons (Fsp3) is 0.440. The number of aliphatic imine (C=N–C) groups is 1. The third-order valence-corrected chi connectivity index (χ3v) is 6.44. The van der Waals surface area contributed by atoms with Crippen molar-refractivity contribution in [2.75, 3.05) is 12.4 Å². The van der Waals surface area contributed by atoms with E-state index in [1.165, 1.54) is 20.1 Å². The Morgan fingerprint density at radius 3 is 2.42 bits per heavy atom. The molecule has 1 amide bonds. The van der Waals surface area contributed by atoms with E-state index < -0.39 is 23.6 Å². The summed E-state index contributed by atoms with van der Waals surface area (Å²) < 4.78 is 47.8. The summed E-state index contributed by atoms with van der Waals surface area (Å²) >= 11 is 0. The molecule has 0 aliphatic carbocycles. The lowest BCUT2D eigenvalue weighted by Gasteiger charge is -2.36. The number of hydrogen-bond acceptors (Lipinski definition) is 4. The van der Waals surface area contributed by atoms with Crippen LogP contribution < -0.4 is 10.1 Å². The third kappa shape index (κ3) is 4.90. The van der Waals surface area contributed by atoms with Gasteiger partial charge in [0, 0.05) is 17.8 Å². The zero-order valence-electron chi connectivity index (χ0n) is 19.3. The van der Waals surface area contributed by atoms with E-state index in [9.17, 15) is 23.1 Å². The Labute approximate surface area is 191 Å². The van der Waals surface area contributed by atoms with E-state index in [4.69, 9.17) is 4.74 Å². The number of nitrogens with zero attached hydrogens (tertiary/aromatic N) is 1. The van der Waals surface area contributed by atoms with Crippen LogP contribution >= 0.6 is 0 Å². The van der Waals surface area contributed by atoms with Crippen molar-refractivity contribution in [1.82, 2.24) is 0 Å². The third-order valence-electron chi connectivity index (χ3n) is 6.44. The molecule has 33 heavy (non-hydrogen) atoms. The van der Waals surface area contributed by atoms with Crippen LogP contribution in [0.1, 0.15) is 56.2 Å². The molecule has 3 rings (SSSR count). The maximum absolute atomic E-state index is 14.1. The molecule has 0 fully saturated rings. The highest BCUT2D eigenvalue weighted by atomic mass is 19.4. The van der Waals surface area contributed by atoms with Crippen LogP contribution in [0.2, 0.25) is 0 Å². The minimum atomic E-state index is -4.95. The Kier molecular flexibility index (Phi) is 6.88. The normalized spacial score (nSPS) is 17.6. The van der Waals surface area contributed by atoms with Crippen molar-refractivity contribution in [3.63, 3.8) is 0 Å². The van der Waals surface area contributed by atoms with Crippen LogP contribution in [-0.2, 0) is 11.2 Å². The number of alkyl halides is 3. The minimum Gasteiger partial charge on any atom is -0.496 e. The van der Waals surface area contributed by atoms with Gasteiger partial charge in [0.05, 0.1) is 19.2 Å². The largest absolute Gasteiger partial charge is 0.496 e.